The number of methoxy groups -OCH3 is 1. The van der Waals surface area contributed by atoms with Crippen LogP contribution in [0.1, 0.15) is 28.4 Å². The second-order valence-electron chi connectivity index (χ2n) is 6.42. The van der Waals surface area contributed by atoms with Crippen molar-refractivity contribution in [2.24, 2.45) is 0 Å². The van der Waals surface area contributed by atoms with Gasteiger partial charge < -0.3 is 15.4 Å². The molecule has 144 valence electrons. The molecule has 5 heteroatoms. The number of carbonyl (C=O) groups is 1. The van der Waals surface area contributed by atoms with Crippen molar-refractivity contribution >= 4 is 17.4 Å². The fourth-order valence-electron chi connectivity index (χ4n) is 2.91. The summed E-state index contributed by atoms with van der Waals surface area (Å²) in [6.45, 7) is 2.68. The first-order chi connectivity index (χ1) is 13.7. The summed E-state index contributed by atoms with van der Waals surface area (Å²) in [5.74, 6) is 1.42. The summed E-state index contributed by atoms with van der Waals surface area (Å²) < 4.78 is 5.15. The van der Waals surface area contributed by atoms with E-state index in [0.29, 0.717) is 12.1 Å². The Hall–Kier alpha value is -3.34. The van der Waals surface area contributed by atoms with Crippen LogP contribution in [0.25, 0.3) is 0 Å². The maximum absolute atomic E-state index is 12.3. The molecule has 0 atom stereocenters. The third kappa shape index (κ3) is 5.10. The molecule has 3 aromatic rings. The van der Waals surface area contributed by atoms with Gasteiger partial charge in [0.1, 0.15) is 11.6 Å². The minimum atomic E-state index is -0.124. The van der Waals surface area contributed by atoms with Crippen LogP contribution in [0.3, 0.4) is 0 Å². The van der Waals surface area contributed by atoms with Gasteiger partial charge in [0, 0.05) is 18.4 Å². The Labute approximate surface area is 165 Å². The van der Waals surface area contributed by atoms with E-state index >= 15 is 0 Å². The van der Waals surface area contributed by atoms with Crippen LogP contribution in [-0.4, -0.2) is 24.5 Å². The van der Waals surface area contributed by atoms with Gasteiger partial charge in [0.25, 0.3) is 5.91 Å². The van der Waals surface area contributed by atoms with Crippen LogP contribution < -0.4 is 15.4 Å². The molecule has 0 bridgehead atoms. The number of pyridine rings is 1. The molecule has 0 radical (unpaired) electrons. The monoisotopic (exact) mass is 375 g/mol. The summed E-state index contributed by atoms with van der Waals surface area (Å²) in [7, 11) is 1.65. The topological polar surface area (TPSA) is 63.2 Å². The molecule has 0 fully saturated rings. The number of para-hydroxylation sites is 1. The van der Waals surface area contributed by atoms with Crippen molar-refractivity contribution in [3.63, 3.8) is 0 Å². The van der Waals surface area contributed by atoms with E-state index in [2.05, 4.69) is 28.6 Å². The first kappa shape index (κ1) is 19.4. The van der Waals surface area contributed by atoms with Crippen LogP contribution in [-0.2, 0) is 12.8 Å². The first-order valence-electron chi connectivity index (χ1n) is 9.41. The predicted octanol–water partition coefficient (Wildman–Crippen LogP) is 4.37. The van der Waals surface area contributed by atoms with Gasteiger partial charge in [-0.1, -0.05) is 37.3 Å². The fraction of sp³-hybridized carbons (Fsp3) is 0.217. The fourth-order valence-corrected chi connectivity index (χ4v) is 2.91. The molecule has 3 rings (SSSR count). The Morgan fingerprint density at radius 3 is 2.50 bits per heavy atom. The van der Waals surface area contributed by atoms with E-state index in [1.165, 1.54) is 5.56 Å². The molecule has 1 amide bonds. The number of hydrogen-bond acceptors (Lipinski definition) is 4. The van der Waals surface area contributed by atoms with Crippen LogP contribution >= 0.6 is 0 Å². The molecule has 0 aliphatic carbocycles. The summed E-state index contributed by atoms with van der Waals surface area (Å²) in [5, 5.41) is 6.24. The van der Waals surface area contributed by atoms with Gasteiger partial charge in [-0.25, -0.2) is 4.98 Å². The molecular weight excluding hydrogens is 350 g/mol. The van der Waals surface area contributed by atoms with E-state index in [9.17, 15) is 4.79 Å². The molecule has 5 nitrogen and oxygen atoms in total. The van der Waals surface area contributed by atoms with Gasteiger partial charge in [-0.3, -0.25) is 4.79 Å². The SMILES string of the molecule is CCc1ccccc1Nc1ccc(C(=O)NCCc2ccc(OC)cc2)cn1. The zero-order valence-corrected chi connectivity index (χ0v) is 16.2. The lowest BCUT2D eigenvalue weighted by molar-refractivity contribution is 0.0954. The molecule has 0 spiro atoms. The Bertz CT molecular complexity index is 906. The minimum absolute atomic E-state index is 0.124. The molecule has 0 saturated heterocycles. The van der Waals surface area contributed by atoms with Crippen LogP contribution in [0.4, 0.5) is 11.5 Å². The van der Waals surface area contributed by atoms with Crippen LogP contribution in [0.5, 0.6) is 5.75 Å². The highest BCUT2D eigenvalue weighted by molar-refractivity contribution is 5.94. The maximum atomic E-state index is 12.3. The smallest absolute Gasteiger partial charge is 0.252 e. The number of ether oxygens (including phenoxy) is 1. The average molecular weight is 375 g/mol. The van der Waals surface area contributed by atoms with Crippen molar-refractivity contribution in [2.45, 2.75) is 19.8 Å². The molecule has 2 N–H and O–H groups in total. The van der Waals surface area contributed by atoms with E-state index in [4.69, 9.17) is 4.74 Å². The van der Waals surface area contributed by atoms with E-state index in [-0.39, 0.29) is 5.91 Å². The van der Waals surface area contributed by atoms with Crippen LogP contribution in [0.2, 0.25) is 0 Å². The van der Waals surface area contributed by atoms with Crippen LogP contribution in [0, 0.1) is 0 Å². The zero-order valence-electron chi connectivity index (χ0n) is 16.2. The number of carbonyl (C=O) groups excluding carboxylic acids is 1. The molecule has 0 unspecified atom stereocenters. The lowest BCUT2D eigenvalue weighted by Crippen LogP contribution is -2.25. The number of nitrogens with zero attached hydrogens (tertiary/aromatic N) is 1. The lowest BCUT2D eigenvalue weighted by Gasteiger charge is -2.10. The highest BCUT2D eigenvalue weighted by Gasteiger charge is 2.07. The zero-order chi connectivity index (χ0) is 19.8. The number of nitrogens with one attached hydrogen (secondary N) is 2. The first-order valence-corrected chi connectivity index (χ1v) is 9.41. The largest absolute Gasteiger partial charge is 0.497 e. The van der Waals surface area contributed by atoms with Gasteiger partial charge >= 0.3 is 0 Å². The number of amides is 1. The Morgan fingerprint density at radius 1 is 1.04 bits per heavy atom. The third-order valence-corrected chi connectivity index (χ3v) is 4.54. The molecule has 28 heavy (non-hydrogen) atoms. The van der Waals surface area contributed by atoms with Gasteiger partial charge in [0.2, 0.25) is 0 Å². The summed E-state index contributed by atoms with van der Waals surface area (Å²) in [6, 6.07) is 19.6. The Morgan fingerprint density at radius 2 is 1.82 bits per heavy atom. The number of benzene rings is 2. The van der Waals surface area contributed by atoms with E-state index in [0.717, 1.165) is 35.7 Å². The lowest BCUT2D eigenvalue weighted by atomic mass is 10.1. The second-order valence-corrected chi connectivity index (χ2v) is 6.42. The standard InChI is InChI=1S/C23H25N3O2/c1-3-18-6-4-5-7-21(18)26-22-13-10-19(16-25-22)23(27)24-15-14-17-8-11-20(28-2)12-9-17/h4-13,16H,3,14-15H2,1-2H3,(H,24,27)(H,25,26). The summed E-state index contributed by atoms with van der Waals surface area (Å²) in [6.07, 6.45) is 3.30. The van der Waals surface area contributed by atoms with Crippen molar-refractivity contribution in [2.75, 3.05) is 19.0 Å². The summed E-state index contributed by atoms with van der Waals surface area (Å²) >= 11 is 0. The van der Waals surface area contributed by atoms with Crippen LogP contribution in [0.15, 0.2) is 66.9 Å². The quantitative estimate of drug-likeness (QED) is 0.614. The highest BCUT2D eigenvalue weighted by atomic mass is 16.5. The van der Waals surface area contributed by atoms with Gasteiger partial charge in [-0.05, 0) is 54.3 Å². The van der Waals surface area contributed by atoms with Crippen molar-refractivity contribution in [3.8, 4) is 5.75 Å². The summed E-state index contributed by atoms with van der Waals surface area (Å²) in [4.78, 5) is 16.7. The van der Waals surface area contributed by atoms with E-state index in [1.807, 2.05) is 48.5 Å². The number of anilines is 2. The second kappa shape index (κ2) is 9.55. The van der Waals surface area contributed by atoms with E-state index in [1.54, 1.807) is 19.4 Å². The molecule has 2 aromatic carbocycles. The molecule has 0 aliphatic rings. The van der Waals surface area contributed by atoms with Gasteiger partial charge in [-0.15, -0.1) is 0 Å². The van der Waals surface area contributed by atoms with Gasteiger partial charge in [0.05, 0.1) is 12.7 Å². The molecule has 1 heterocycles. The Balaban J connectivity index is 1.53. The van der Waals surface area contributed by atoms with Gasteiger partial charge in [-0.2, -0.15) is 0 Å². The van der Waals surface area contributed by atoms with E-state index < -0.39 is 0 Å². The molecular formula is C23H25N3O2. The normalized spacial score (nSPS) is 10.4. The number of aryl methyl sites for hydroxylation is 1. The number of hydrogen-bond donors (Lipinski definition) is 2. The van der Waals surface area contributed by atoms with Gasteiger partial charge in [0.15, 0.2) is 0 Å². The third-order valence-electron chi connectivity index (χ3n) is 4.54. The number of rotatable bonds is 8. The van der Waals surface area contributed by atoms with Crippen molar-refractivity contribution in [1.82, 2.24) is 10.3 Å². The molecule has 1 aromatic heterocycles. The highest BCUT2D eigenvalue weighted by Crippen LogP contribution is 2.20. The molecule has 0 aliphatic heterocycles. The van der Waals surface area contributed by atoms with Crippen molar-refractivity contribution in [1.29, 1.82) is 0 Å². The Kier molecular flexibility index (Phi) is 6.63. The summed E-state index contributed by atoms with van der Waals surface area (Å²) in [5.41, 5.74) is 3.95. The predicted molar refractivity (Wildman–Crippen MR) is 112 cm³/mol. The average Bonchev–Trinajstić information content (AvgIpc) is 2.75. The maximum Gasteiger partial charge on any atom is 0.252 e. The number of aromatic nitrogens is 1. The minimum Gasteiger partial charge on any atom is -0.497 e. The van der Waals surface area contributed by atoms with Crippen molar-refractivity contribution < 1.29 is 9.53 Å². The molecule has 0 saturated carbocycles. The van der Waals surface area contributed by atoms with Crippen molar-refractivity contribution in [3.05, 3.63) is 83.6 Å².